The Hall–Kier alpha value is -0.790. The van der Waals surface area contributed by atoms with Gasteiger partial charge in [0, 0.05) is 5.54 Å². The first-order valence-electron chi connectivity index (χ1n) is 9.69. The van der Waals surface area contributed by atoms with Crippen LogP contribution >= 0.6 is 11.6 Å². The quantitative estimate of drug-likeness (QED) is 0.583. The summed E-state index contributed by atoms with van der Waals surface area (Å²) in [7, 11) is 0. The van der Waals surface area contributed by atoms with Crippen LogP contribution in [-0.4, -0.2) is 12.7 Å². The third kappa shape index (κ3) is 4.86. The zero-order chi connectivity index (χ0) is 16.8. The highest BCUT2D eigenvalue weighted by Gasteiger charge is 2.31. The molecule has 0 saturated heterocycles. The normalized spacial score (nSPS) is 31.4. The maximum absolute atomic E-state index is 5.87. The van der Waals surface area contributed by atoms with E-state index in [2.05, 4.69) is 31.2 Å². The van der Waals surface area contributed by atoms with Gasteiger partial charge in [-0.15, -0.1) is 0 Å². The summed E-state index contributed by atoms with van der Waals surface area (Å²) in [6.07, 6.45) is 13.1. The van der Waals surface area contributed by atoms with Gasteiger partial charge in [0.25, 0.3) is 0 Å². The van der Waals surface area contributed by atoms with Gasteiger partial charge in [0.2, 0.25) is 0 Å². The van der Waals surface area contributed by atoms with E-state index in [9.17, 15) is 0 Å². The Bertz CT molecular complexity index is 505. The Morgan fingerprint density at radius 1 is 0.917 bits per heavy atom. The standard InChI is InChI=1S/C22H31ClO/c1-17-3-5-18(6-4-17)19-7-9-20(10-8-19)21-11-13-22(14-12-21)24-16-2-15-23/h2-6,15,19-22H,7-14,16H2,1H3/b15-2+/t19?,20?,21-,22-. The summed E-state index contributed by atoms with van der Waals surface area (Å²) in [5.41, 5.74) is 4.48. The van der Waals surface area contributed by atoms with E-state index in [1.54, 1.807) is 11.1 Å². The van der Waals surface area contributed by atoms with Crippen molar-refractivity contribution in [3.8, 4) is 0 Å². The molecule has 0 amide bonds. The first-order chi connectivity index (χ1) is 11.8. The molecule has 0 unspecified atom stereocenters. The molecule has 1 aromatic rings. The summed E-state index contributed by atoms with van der Waals surface area (Å²) >= 11 is 5.55. The zero-order valence-electron chi connectivity index (χ0n) is 14.9. The lowest BCUT2D eigenvalue weighted by atomic mass is 9.69. The van der Waals surface area contributed by atoms with Gasteiger partial charge < -0.3 is 4.74 Å². The van der Waals surface area contributed by atoms with E-state index in [-0.39, 0.29) is 0 Å². The van der Waals surface area contributed by atoms with Crippen LogP contribution in [0.1, 0.15) is 68.4 Å². The molecule has 2 saturated carbocycles. The Morgan fingerprint density at radius 2 is 1.50 bits per heavy atom. The SMILES string of the molecule is Cc1ccc(C2CCC([C@H]3CC[C@H](OC/C=C/Cl)CC3)CC2)cc1. The minimum absolute atomic E-state index is 0.456. The molecule has 0 spiro atoms. The fourth-order valence-electron chi connectivity index (χ4n) is 4.72. The summed E-state index contributed by atoms with van der Waals surface area (Å²) in [5, 5.41) is 0. The molecular weight excluding hydrogens is 316 g/mol. The average molecular weight is 347 g/mol. The van der Waals surface area contributed by atoms with E-state index in [1.807, 2.05) is 6.08 Å². The molecule has 0 N–H and O–H groups in total. The van der Waals surface area contributed by atoms with Crippen molar-refractivity contribution >= 4 is 11.6 Å². The number of aryl methyl sites for hydroxylation is 1. The van der Waals surface area contributed by atoms with Crippen molar-refractivity contribution in [2.45, 2.75) is 70.3 Å². The van der Waals surface area contributed by atoms with Crippen LogP contribution in [0.2, 0.25) is 0 Å². The van der Waals surface area contributed by atoms with Gasteiger partial charge in [0.05, 0.1) is 12.7 Å². The van der Waals surface area contributed by atoms with Crippen LogP contribution in [0.5, 0.6) is 0 Å². The Morgan fingerprint density at radius 3 is 2.08 bits per heavy atom. The molecule has 2 heteroatoms. The fourth-order valence-corrected chi connectivity index (χ4v) is 4.79. The topological polar surface area (TPSA) is 9.23 Å². The minimum atomic E-state index is 0.456. The number of benzene rings is 1. The molecule has 132 valence electrons. The van der Waals surface area contributed by atoms with Crippen molar-refractivity contribution in [2.75, 3.05) is 6.61 Å². The molecule has 1 nitrogen and oxygen atoms in total. The number of rotatable bonds is 5. The molecule has 0 atom stereocenters. The van der Waals surface area contributed by atoms with Crippen molar-refractivity contribution in [2.24, 2.45) is 11.8 Å². The number of hydrogen-bond donors (Lipinski definition) is 0. The predicted molar refractivity (Wildman–Crippen MR) is 103 cm³/mol. The first-order valence-corrected chi connectivity index (χ1v) is 10.1. The number of halogens is 1. The molecule has 1 aromatic carbocycles. The van der Waals surface area contributed by atoms with Crippen LogP contribution < -0.4 is 0 Å². The highest BCUT2D eigenvalue weighted by Crippen LogP contribution is 2.43. The average Bonchev–Trinajstić information content (AvgIpc) is 2.63. The van der Waals surface area contributed by atoms with Crippen LogP contribution in [0, 0.1) is 18.8 Å². The third-order valence-electron chi connectivity index (χ3n) is 6.22. The van der Waals surface area contributed by atoms with Crippen molar-refractivity contribution in [1.29, 1.82) is 0 Å². The van der Waals surface area contributed by atoms with Crippen LogP contribution in [-0.2, 0) is 4.74 Å². The largest absolute Gasteiger partial charge is 0.374 e. The lowest BCUT2D eigenvalue weighted by Crippen LogP contribution is -2.28. The van der Waals surface area contributed by atoms with Crippen LogP contribution in [0.4, 0.5) is 0 Å². The van der Waals surface area contributed by atoms with Crippen molar-refractivity contribution in [3.63, 3.8) is 0 Å². The van der Waals surface area contributed by atoms with Gasteiger partial charge in [-0.3, -0.25) is 0 Å². The number of ether oxygens (including phenoxy) is 1. The molecular formula is C22H31ClO. The monoisotopic (exact) mass is 346 g/mol. The van der Waals surface area contributed by atoms with Crippen molar-refractivity contribution in [3.05, 3.63) is 47.0 Å². The van der Waals surface area contributed by atoms with Gasteiger partial charge >= 0.3 is 0 Å². The Balaban J connectivity index is 1.42. The highest BCUT2D eigenvalue weighted by atomic mass is 35.5. The van der Waals surface area contributed by atoms with Gasteiger partial charge in [-0.2, -0.15) is 0 Å². The first kappa shape index (κ1) is 18.0. The summed E-state index contributed by atoms with van der Waals surface area (Å²) < 4.78 is 5.87. The molecule has 0 radical (unpaired) electrons. The van der Waals surface area contributed by atoms with Crippen LogP contribution in [0.25, 0.3) is 0 Å². The minimum Gasteiger partial charge on any atom is -0.374 e. The van der Waals surface area contributed by atoms with Gasteiger partial charge in [0.15, 0.2) is 0 Å². The molecule has 3 rings (SSSR count). The summed E-state index contributed by atoms with van der Waals surface area (Å²) in [5.74, 6) is 2.69. The fraction of sp³-hybridized carbons (Fsp3) is 0.636. The lowest BCUT2D eigenvalue weighted by molar-refractivity contribution is 0.0223. The molecule has 0 bridgehead atoms. The van der Waals surface area contributed by atoms with Gasteiger partial charge in [-0.05, 0) is 87.7 Å². The van der Waals surface area contributed by atoms with E-state index in [0.717, 1.165) is 17.8 Å². The van der Waals surface area contributed by atoms with Gasteiger partial charge in [-0.1, -0.05) is 41.4 Å². The molecule has 2 fully saturated rings. The molecule has 2 aliphatic carbocycles. The second-order valence-electron chi connectivity index (χ2n) is 7.75. The molecule has 0 aliphatic heterocycles. The zero-order valence-corrected chi connectivity index (χ0v) is 15.7. The molecule has 24 heavy (non-hydrogen) atoms. The van der Waals surface area contributed by atoms with Crippen LogP contribution in [0.15, 0.2) is 35.9 Å². The van der Waals surface area contributed by atoms with Gasteiger partial charge in [-0.25, -0.2) is 0 Å². The van der Waals surface area contributed by atoms with E-state index >= 15 is 0 Å². The van der Waals surface area contributed by atoms with Gasteiger partial charge in [0.1, 0.15) is 0 Å². The third-order valence-corrected chi connectivity index (χ3v) is 6.40. The number of hydrogen-bond acceptors (Lipinski definition) is 1. The van der Waals surface area contributed by atoms with Crippen molar-refractivity contribution in [1.82, 2.24) is 0 Å². The lowest BCUT2D eigenvalue weighted by Gasteiger charge is -2.38. The Labute approximate surface area is 152 Å². The predicted octanol–water partition coefficient (Wildman–Crippen LogP) is 6.60. The summed E-state index contributed by atoms with van der Waals surface area (Å²) in [6.45, 7) is 2.84. The maximum atomic E-state index is 5.87. The highest BCUT2D eigenvalue weighted by molar-refractivity contribution is 6.25. The van der Waals surface area contributed by atoms with Crippen LogP contribution in [0.3, 0.4) is 0 Å². The smallest absolute Gasteiger partial charge is 0.0662 e. The maximum Gasteiger partial charge on any atom is 0.0662 e. The summed E-state index contributed by atoms with van der Waals surface area (Å²) in [6, 6.07) is 9.22. The van der Waals surface area contributed by atoms with E-state index in [4.69, 9.17) is 16.3 Å². The molecule has 2 aliphatic rings. The van der Waals surface area contributed by atoms with E-state index in [0.29, 0.717) is 12.7 Å². The second kappa shape index (κ2) is 9.06. The summed E-state index contributed by atoms with van der Waals surface area (Å²) in [4.78, 5) is 0. The van der Waals surface area contributed by atoms with E-state index in [1.165, 1.54) is 56.9 Å². The molecule has 0 heterocycles. The molecule has 0 aromatic heterocycles. The second-order valence-corrected chi connectivity index (χ2v) is 8.01. The van der Waals surface area contributed by atoms with Crippen molar-refractivity contribution < 1.29 is 4.74 Å². The van der Waals surface area contributed by atoms with E-state index < -0.39 is 0 Å². The Kier molecular flexibility index (Phi) is 6.80.